The molecule has 88 valence electrons. The molecule has 1 aromatic heterocycles. The Balaban J connectivity index is 2.39. The molecule has 0 spiro atoms. The van der Waals surface area contributed by atoms with E-state index in [9.17, 15) is 4.79 Å². The fourth-order valence-electron chi connectivity index (χ4n) is 1.34. The van der Waals surface area contributed by atoms with Gasteiger partial charge in [0.15, 0.2) is 0 Å². The SMILES string of the molecule is CSc1ccc(-c2cc(C(=O)O)on2)cc1Br. The Hall–Kier alpha value is -1.27. The fourth-order valence-corrected chi connectivity index (χ4v) is 2.66. The van der Waals surface area contributed by atoms with Crippen LogP contribution in [-0.4, -0.2) is 22.5 Å². The third-order valence-corrected chi connectivity index (χ3v) is 3.88. The maximum Gasteiger partial charge on any atom is 0.374 e. The number of thioether (sulfide) groups is 1. The zero-order valence-electron chi connectivity index (χ0n) is 8.81. The Kier molecular flexibility index (Phi) is 3.54. The molecule has 1 N–H and O–H groups in total. The Morgan fingerprint density at radius 3 is 2.76 bits per heavy atom. The van der Waals surface area contributed by atoms with Crippen molar-refractivity contribution in [3.63, 3.8) is 0 Å². The number of benzene rings is 1. The van der Waals surface area contributed by atoms with E-state index >= 15 is 0 Å². The van der Waals surface area contributed by atoms with Gasteiger partial charge in [-0.2, -0.15) is 0 Å². The topological polar surface area (TPSA) is 63.3 Å². The quantitative estimate of drug-likeness (QED) is 0.878. The van der Waals surface area contributed by atoms with Crippen molar-refractivity contribution in [1.82, 2.24) is 5.16 Å². The van der Waals surface area contributed by atoms with E-state index in [1.165, 1.54) is 6.07 Å². The molecule has 2 aromatic rings. The minimum absolute atomic E-state index is 0.162. The van der Waals surface area contributed by atoms with Crippen molar-refractivity contribution >= 4 is 33.7 Å². The lowest BCUT2D eigenvalue weighted by Gasteiger charge is -2.02. The molecule has 6 heteroatoms. The first-order valence-electron chi connectivity index (χ1n) is 4.65. The smallest absolute Gasteiger partial charge is 0.374 e. The van der Waals surface area contributed by atoms with Crippen LogP contribution in [0.1, 0.15) is 10.6 Å². The molecule has 0 bridgehead atoms. The van der Waals surface area contributed by atoms with Gasteiger partial charge in [-0.3, -0.25) is 0 Å². The van der Waals surface area contributed by atoms with Crippen molar-refractivity contribution in [2.24, 2.45) is 0 Å². The minimum Gasteiger partial charge on any atom is -0.475 e. The number of nitrogens with zero attached hydrogens (tertiary/aromatic N) is 1. The van der Waals surface area contributed by atoms with E-state index in [0.29, 0.717) is 5.69 Å². The lowest BCUT2D eigenvalue weighted by Crippen LogP contribution is -1.91. The molecule has 0 aliphatic heterocycles. The lowest BCUT2D eigenvalue weighted by molar-refractivity contribution is 0.0652. The second-order valence-corrected chi connectivity index (χ2v) is 4.93. The van der Waals surface area contributed by atoms with Crippen LogP contribution in [0.2, 0.25) is 0 Å². The zero-order chi connectivity index (χ0) is 12.4. The van der Waals surface area contributed by atoms with Crippen molar-refractivity contribution in [3.8, 4) is 11.3 Å². The summed E-state index contributed by atoms with van der Waals surface area (Å²) < 4.78 is 5.65. The van der Waals surface area contributed by atoms with Gasteiger partial charge in [-0.1, -0.05) is 11.2 Å². The molecule has 0 aliphatic carbocycles. The molecule has 1 aromatic carbocycles. The molecular formula is C11H8BrNO3S. The van der Waals surface area contributed by atoms with Gasteiger partial charge in [-0.15, -0.1) is 11.8 Å². The normalized spacial score (nSPS) is 10.5. The summed E-state index contributed by atoms with van der Waals surface area (Å²) >= 11 is 5.07. The summed E-state index contributed by atoms with van der Waals surface area (Å²) in [6, 6.07) is 7.11. The maximum absolute atomic E-state index is 10.7. The minimum atomic E-state index is -1.12. The van der Waals surface area contributed by atoms with Gasteiger partial charge in [0.05, 0.1) is 0 Å². The van der Waals surface area contributed by atoms with Crippen molar-refractivity contribution < 1.29 is 14.4 Å². The van der Waals surface area contributed by atoms with E-state index in [4.69, 9.17) is 9.63 Å². The van der Waals surface area contributed by atoms with Crippen LogP contribution in [0.5, 0.6) is 0 Å². The molecule has 4 nitrogen and oxygen atoms in total. The van der Waals surface area contributed by atoms with Gasteiger partial charge in [-0.25, -0.2) is 4.79 Å². The Morgan fingerprint density at radius 2 is 2.24 bits per heavy atom. The Bertz CT molecular complexity index is 568. The first kappa shape index (κ1) is 12.2. The third kappa shape index (κ3) is 2.53. The molecule has 0 atom stereocenters. The summed E-state index contributed by atoms with van der Waals surface area (Å²) in [5.41, 5.74) is 1.32. The molecule has 0 radical (unpaired) electrons. The van der Waals surface area contributed by atoms with Crippen LogP contribution in [0.15, 0.2) is 38.2 Å². The predicted octanol–water partition coefficient (Wildman–Crippen LogP) is 3.52. The van der Waals surface area contributed by atoms with Gasteiger partial charge in [0.25, 0.3) is 0 Å². The second-order valence-electron chi connectivity index (χ2n) is 3.23. The molecule has 1 heterocycles. The van der Waals surface area contributed by atoms with Gasteiger partial charge in [-0.05, 0) is 34.3 Å². The number of carboxylic acids is 1. The highest BCUT2D eigenvalue weighted by Gasteiger charge is 2.13. The lowest BCUT2D eigenvalue weighted by atomic mass is 10.1. The van der Waals surface area contributed by atoms with Gasteiger partial charge in [0.2, 0.25) is 5.76 Å². The van der Waals surface area contributed by atoms with E-state index in [1.54, 1.807) is 11.8 Å². The summed E-state index contributed by atoms with van der Waals surface area (Å²) in [6.45, 7) is 0. The summed E-state index contributed by atoms with van der Waals surface area (Å²) in [6.07, 6.45) is 1.98. The first-order chi connectivity index (χ1) is 8.11. The molecule has 2 rings (SSSR count). The standard InChI is InChI=1S/C11H8BrNO3S/c1-17-10-3-2-6(4-7(10)12)8-5-9(11(14)15)16-13-8/h2-5H,1H3,(H,14,15). The summed E-state index contributed by atoms with van der Waals surface area (Å²) in [5.74, 6) is -1.28. The number of carboxylic acid groups (broad SMARTS) is 1. The number of hydrogen-bond acceptors (Lipinski definition) is 4. The highest BCUT2D eigenvalue weighted by Crippen LogP contribution is 2.30. The summed E-state index contributed by atoms with van der Waals surface area (Å²) in [5, 5.41) is 12.5. The van der Waals surface area contributed by atoms with Crippen LogP contribution in [0.4, 0.5) is 0 Å². The summed E-state index contributed by atoms with van der Waals surface area (Å²) in [4.78, 5) is 11.8. The van der Waals surface area contributed by atoms with Crippen LogP contribution < -0.4 is 0 Å². The average Bonchev–Trinajstić information content (AvgIpc) is 2.78. The van der Waals surface area contributed by atoms with E-state index < -0.39 is 5.97 Å². The molecule has 0 aliphatic rings. The van der Waals surface area contributed by atoms with E-state index in [2.05, 4.69) is 21.1 Å². The Morgan fingerprint density at radius 1 is 1.47 bits per heavy atom. The van der Waals surface area contributed by atoms with Crippen molar-refractivity contribution in [2.75, 3.05) is 6.26 Å². The molecule has 17 heavy (non-hydrogen) atoms. The monoisotopic (exact) mass is 313 g/mol. The Labute approximate surface area is 110 Å². The number of carbonyl (C=O) groups is 1. The highest BCUT2D eigenvalue weighted by atomic mass is 79.9. The van der Waals surface area contributed by atoms with Crippen molar-refractivity contribution in [1.29, 1.82) is 0 Å². The average molecular weight is 314 g/mol. The van der Waals surface area contributed by atoms with Crippen LogP contribution in [0, 0.1) is 0 Å². The highest BCUT2D eigenvalue weighted by molar-refractivity contribution is 9.10. The van der Waals surface area contributed by atoms with Crippen molar-refractivity contribution in [2.45, 2.75) is 4.90 Å². The largest absolute Gasteiger partial charge is 0.475 e. The van der Waals surface area contributed by atoms with Crippen LogP contribution in [0.25, 0.3) is 11.3 Å². The maximum atomic E-state index is 10.7. The molecule has 0 saturated heterocycles. The number of halogens is 1. The van der Waals surface area contributed by atoms with Gasteiger partial charge >= 0.3 is 5.97 Å². The molecule has 0 saturated carbocycles. The van der Waals surface area contributed by atoms with Gasteiger partial charge in [0, 0.05) is 21.0 Å². The number of hydrogen-bond donors (Lipinski definition) is 1. The summed E-state index contributed by atoms with van der Waals surface area (Å²) in [7, 11) is 0. The molecule has 0 unspecified atom stereocenters. The van der Waals surface area contributed by atoms with Crippen molar-refractivity contribution in [3.05, 3.63) is 34.5 Å². The van der Waals surface area contributed by atoms with E-state index in [0.717, 1.165) is 14.9 Å². The van der Waals surface area contributed by atoms with Gasteiger partial charge in [0.1, 0.15) is 5.69 Å². The first-order valence-corrected chi connectivity index (χ1v) is 6.67. The molecular weight excluding hydrogens is 306 g/mol. The molecule has 0 fully saturated rings. The van der Waals surface area contributed by atoms with Crippen LogP contribution in [-0.2, 0) is 0 Å². The number of rotatable bonds is 3. The third-order valence-electron chi connectivity index (χ3n) is 2.17. The van der Waals surface area contributed by atoms with E-state index in [-0.39, 0.29) is 5.76 Å². The molecule has 0 amide bonds. The number of aromatic carboxylic acids is 1. The van der Waals surface area contributed by atoms with E-state index in [1.807, 2.05) is 24.5 Å². The second kappa shape index (κ2) is 4.93. The number of aromatic nitrogens is 1. The van der Waals surface area contributed by atoms with Crippen LogP contribution in [0.3, 0.4) is 0 Å². The van der Waals surface area contributed by atoms with Gasteiger partial charge < -0.3 is 9.63 Å². The fraction of sp³-hybridized carbons (Fsp3) is 0.0909. The predicted molar refractivity (Wildman–Crippen MR) is 68.4 cm³/mol. The zero-order valence-corrected chi connectivity index (χ0v) is 11.2. The van der Waals surface area contributed by atoms with Crippen LogP contribution >= 0.6 is 27.7 Å².